The summed E-state index contributed by atoms with van der Waals surface area (Å²) in [4.78, 5) is 0. The highest BCUT2D eigenvalue weighted by molar-refractivity contribution is 5.53. The molecule has 2 nitrogen and oxygen atoms in total. The van der Waals surface area contributed by atoms with Crippen molar-refractivity contribution in [2.75, 3.05) is 6.61 Å². The van der Waals surface area contributed by atoms with Crippen LogP contribution in [-0.2, 0) is 0 Å². The van der Waals surface area contributed by atoms with E-state index in [1.54, 1.807) is 0 Å². The molecule has 0 amide bonds. The largest absolute Gasteiger partial charge is 0.396 e. The lowest BCUT2D eigenvalue weighted by Gasteiger charge is -1.98. The summed E-state index contributed by atoms with van der Waals surface area (Å²) >= 11 is 0. The first kappa shape index (κ1) is 6.63. The summed E-state index contributed by atoms with van der Waals surface area (Å²) in [5.41, 5.74) is 0. The highest BCUT2D eigenvalue weighted by Crippen LogP contribution is 1.93. The lowest BCUT2D eigenvalue weighted by Crippen LogP contribution is -1.99. The van der Waals surface area contributed by atoms with Gasteiger partial charge in [0.25, 0.3) is 0 Å². The Morgan fingerprint density at radius 3 is 2.57 bits per heavy atom. The van der Waals surface area contributed by atoms with Crippen molar-refractivity contribution in [3.05, 3.63) is 6.92 Å². The van der Waals surface area contributed by atoms with Crippen molar-refractivity contribution in [3.8, 4) is 0 Å². The number of aliphatic hydroxyl groups is 1. The molecule has 0 spiro atoms. The summed E-state index contributed by atoms with van der Waals surface area (Å²) in [6, 6.07) is 0. The molecule has 0 rings (SSSR count). The standard InChI is InChI=1S/C5H10NO/c1-5(4-7)2-3-6/h3,5-7H,1-2,4H2. The zero-order valence-corrected chi connectivity index (χ0v) is 4.22. The van der Waals surface area contributed by atoms with Crippen LogP contribution >= 0.6 is 0 Å². The lowest BCUT2D eigenvalue weighted by molar-refractivity contribution is 0.255. The molecule has 0 aromatic rings. The Morgan fingerprint density at radius 2 is 2.43 bits per heavy atom. The van der Waals surface area contributed by atoms with Gasteiger partial charge in [-0.05, 0) is 25.5 Å². The minimum absolute atomic E-state index is 0.0116. The van der Waals surface area contributed by atoms with Crippen LogP contribution in [0, 0.1) is 18.3 Å². The van der Waals surface area contributed by atoms with Crippen LogP contribution in [0.3, 0.4) is 0 Å². The van der Waals surface area contributed by atoms with Gasteiger partial charge in [0.15, 0.2) is 0 Å². The first-order valence-electron chi connectivity index (χ1n) is 2.24. The quantitative estimate of drug-likeness (QED) is 0.497. The smallest absolute Gasteiger partial charge is 0.0462 e. The van der Waals surface area contributed by atoms with Gasteiger partial charge in [-0.3, -0.25) is 0 Å². The van der Waals surface area contributed by atoms with Crippen molar-refractivity contribution in [3.63, 3.8) is 0 Å². The van der Waals surface area contributed by atoms with E-state index >= 15 is 0 Å². The Hall–Kier alpha value is -0.370. The molecular weight excluding hydrogens is 90.1 g/mol. The van der Waals surface area contributed by atoms with E-state index in [0.29, 0.717) is 6.42 Å². The Bertz CT molecular complexity index is 54.0. The average molecular weight is 100 g/mol. The molecule has 0 heterocycles. The predicted molar refractivity (Wildman–Crippen MR) is 29.3 cm³/mol. The molecule has 0 saturated heterocycles. The van der Waals surface area contributed by atoms with Gasteiger partial charge in [0.1, 0.15) is 0 Å². The molecule has 1 unspecified atom stereocenters. The minimum Gasteiger partial charge on any atom is -0.396 e. The van der Waals surface area contributed by atoms with E-state index in [1.807, 2.05) is 0 Å². The van der Waals surface area contributed by atoms with E-state index in [2.05, 4.69) is 6.92 Å². The zero-order chi connectivity index (χ0) is 5.70. The van der Waals surface area contributed by atoms with Crippen molar-refractivity contribution < 1.29 is 5.11 Å². The fourth-order valence-electron chi connectivity index (χ4n) is 0.241. The summed E-state index contributed by atoms with van der Waals surface area (Å²) < 4.78 is 0. The number of hydrogen-bond acceptors (Lipinski definition) is 2. The fourth-order valence-corrected chi connectivity index (χ4v) is 0.241. The summed E-state index contributed by atoms with van der Waals surface area (Å²) in [5, 5.41) is 14.9. The molecule has 2 N–H and O–H groups in total. The molecule has 7 heavy (non-hydrogen) atoms. The van der Waals surface area contributed by atoms with Crippen LogP contribution in [0.5, 0.6) is 0 Å². The van der Waals surface area contributed by atoms with Gasteiger partial charge < -0.3 is 10.5 Å². The number of aliphatic hydroxyl groups excluding tert-OH is 1. The maximum absolute atomic E-state index is 8.30. The third-order valence-corrected chi connectivity index (χ3v) is 0.709. The van der Waals surface area contributed by atoms with E-state index in [4.69, 9.17) is 10.5 Å². The van der Waals surface area contributed by atoms with Gasteiger partial charge in [0, 0.05) is 6.61 Å². The van der Waals surface area contributed by atoms with Crippen LogP contribution in [0.1, 0.15) is 6.42 Å². The van der Waals surface area contributed by atoms with Crippen molar-refractivity contribution in [1.82, 2.24) is 0 Å². The number of rotatable bonds is 3. The van der Waals surface area contributed by atoms with Crippen LogP contribution in [0.2, 0.25) is 0 Å². The summed E-state index contributed by atoms with van der Waals surface area (Å²) in [7, 11) is 0. The van der Waals surface area contributed by atoms with Crippen LogP contribution in [0.4, 0.5) is 0 Å². The molecule has 0 aromatic carbocycles. The van der Waals surface area contributed by atoms with Crippen molar-refractivity contribution in [2.45, 2.75) is 6.42 Å². The van der Waals surface area contributed by atoms with E-state index in [1.165, 1.54) is 6.21 Å². The van der Waals surface area contributed by atoms with Crippen LogP contribution in [0.15, 0.2) is 0 Å². The zero-order valence-electron chi connectivity index (χ0n) is 4.22. The Labute approximate surface area is 43.7 Å². The van der Waals surface area contributed by atoms with Crippen LogP contribution < -0.4 is 0 Å². The molecule has 41 valence electrons. The van der Waals surface area contributed by atoms with Crippen LogP contribution in [0.25, 0.3) is 0 Å². The summed E-state index contributed by atoms with van der Waals surface area (Å²) in [5.74, 6) is 0.0116. The monoisotopic (exact) mass is 100 g/mol. The van der Waals surface area contributed by atoms with Gasteiger partial charge in [-0.2, -0.15) is 0 Å². The van der Waals surface area contributed by atoms with E-state index in [-0.39, 0.29) is 12.5 Å². The molecule has 0 aromatic heterocycles. The maximum Gasteiger partial charge on any atom is 0.0462 e. The Morgan fingerprint density at radius 1 is 1.86 bits per heavy atom. The van der Waals surface area contributed by atoms with Gasteiger partial charge in [0.05, 0.1) is 0 Å². The van der Waals surface area contributed by atoms with Gasteiger partial charge >= 0.3 is 0 Å². The molecule has 1 atom stereocenters. The van der Waals surface area contributed by atoms with Crippen molar-refractivity contribution in [2.24, 2.45) is 5.92 Å². The molecular formula is C5H10NO. The highest BCUT2D eigenvalue weighted by Gasteiger charge is 1.93. The van der Waals surface area contributed by atoms with E-state index in [0.717, 1.165) is 0 Å². The predicted octanol–water partition coefficient (Wildman–Crippen LogP) is 0.469. The fraction of sp³-hybridized carbons (Fsp3) is 0.600. The second-order valence-electron chi connectivity index (χ2n) is 1.49. The average Bonchev–Trinajstić information content (AvgIpc) is 1.68. The van der Waals surface area contributed by atoms with E-state index in [9.17, 15) is 0 Å². The second-order valence-corrected chi connectivity index (χ2v) is 1.49. The maximum atomic E-state index is 8.30. The molecule has 1 radical (unpaired) electrons. The Balaban J connectivity index is 2.98. The van der Waals surface area contributed by atoms with Crippen LogP contribution in [-0.4, -0.2) is 17.9 Å². The van der Waals surface area contributed by atoms with Gasteiger partial charge in [-0.25, -0.2) is 0 Å². The molecule has 0 aliphatic heterocycles. The van der Waals surface area contributed by atoms with Gasteiger partial charge in [-0.15, -0.1) is 0 Å². The second kappa shape index (κ2) is 3.81. The third-order valence-electron chi connectivity index (χ3n) is 0.709. The SMILES string of the molecule is [CH2]C(CO)CC=N. The molecule has 2 heteroatoms. The van der Waals surface area contributed by atoms with Gasteiger partial charge in [-0.1, -0.05) is 0 Å². The summed E-state index contributed by atoms with van der Waals surface area (Å²) in [6.45, 7) is 3.62. The number of hydrogen-bond donors (Lipinski definition) is 2. The van der Waals surface area contributed by atoms with Crippen molar-refractivity contribution >= 4 is 6.21 Å². The minimum atomic E-state index is 0.0116. The molecule has 0 saturated carbocycles. The topological polar surface area (TPSA) is 44.1 Å². The molecule has 0 aliphatic rings. The highest BCUT2D eigenvalue weighted by atomic mass is 16.3. The molecule has 0 fully saturated rings. The van der Waals surface area contributed by atoms with E-state index < -0.39 is 0 Å². The summed E-state index contributed by atoms with van der Waals surface area (Å²) in [6.07, 6.45) is 1.84. The van der Waals surface area contributed by atoms with Crippen molar-refractivity contribution in [1.29, 1.82) is 5.41 Å². The molecule has 0 bridgehead atoms. The Kier molecular flexibility index (Phi) is 3.61. The normalized spacial score (nSPS) is 13.4. The lowest BCUT2D eigenvalue weighted by atomic mass is 10.1. The number of nitrogens with one attached hydrogen (secondary N) is 1. The first-order chi connectivity index (χ1) is 3.31. The first-order valence-corrected chi connectivity index (χ1v) is 2.24. The van der Waals surface area contributed by atoms with Gasteiger partial charge in [0.2, 0.25) is 0 Å². The third kappa shape index (κ3) is 3.46. The molecule has 0 aliphatic carbocycles.